The van der Waals surface area contributed by atoms with E-state index in [9.17, 15) is 4.79 Å². The normalized spacial score (nSPS) is 12.3. The number of nitrogens with one attached hydrogen (secondary N) is 2. The van der Waals surface area contributed by atoms with Gasteiger partial charge in [-0.1, -0.05) is 24.3 Å². The predicted molar refractivity (Wildman–Crippen MR) is 127 cm³/mol. The highest BCUT2D eigenvalue weighted by atomic mass is 16.1. The number of hydrogen-bond donors (Lipinski definition) is 3. The van der Waals surface area contributed by atoms with E-state index in [0.29, 0.717) is 33.9 Å². The fourth-order valence-corrected chi connectivity index (χ4v) is 4.06. The first-order valence-corrected chi connectivity index (χ1v) is 10.4. The monoisotopic (exact) mass is 425 g/mol. The van der Waals surface area contributed by atoms with Crippen LogP contribution >= 0.6 is 0 Å². The molecule has 3 aromatic heterocycles. The van der Waals surface area contributed by atoms with E-state index in [-0.39, 0.29) is 11.6 Å². The van der Waals surface area contributed by atoms with Crippen molar-refractivity contribution in [2.75, 3.05) is 11.1 Å². The smallest absolute Gasteiger partial charge is 0.266 e. The van der Waals surface area contributed by atoms with E-state index >= 15 is 0 Å². The van der Waals surface area contributed by atoms with Crippen LogP contribution in [0.2, 0.25) is 0 Å². The van der Waals surface area contributed by atoms with Gasteiger partial charge >= 0.3 is 0 Å². The summed E-state index contributed by atoms with van der Waals surface area (Å²) in [7, 11) is 0. The molecule has 32 heavy (non-hydrogen) atoms. The minimum atomic E-state index is -0.359. The molecule has 1 unspecified atom stereocenters. The highest BCUT2D eigenvalue weighted by Gasteiger charge is 2.20. The zero-order valence-corrected chi connectivity index (χ0v) is 18.0. The molecule has 0 bridgehead atoms. The van der Waals surface area contributed by atoms with Gasteiger partial charge < -0.3 is 16.0 Å². The molecule has 2 aromatic carbocycles. The van der Waals surface area contributed by atoms with E-state index in [1.807, 2.05) is 63.2 Å². The fourth-order valence-electron chi connectivity index (χ4n) is 4.06. The van der Waals surface area contributed by atoms with Crippen molar-refractivity contribution in [3.05, 3.63) is 82.2 Å². The third kappa shape index (κ3) is 3.26. The average Bonchev–Trinajstić information content (AvgIpc) is 3.22. The number of anilines is 2. The Hall–Kier alpha value is -4.20. The Morgan fingerprint density at radius 3 is 2.72 bits per heavy atom. The quantitative estimate of drug-likeness (QED) is 0.400. The summed E-state index contributed by atoms with van der Waals surface area (Å²) in [6, 6.07) is 14.9. The second-order valence-corrected chi connectivity index (χ2v) is 7.98. The van der Waals surface area contributed by atoms with Crippen LogP contribution in [0.4, 0.5) is 11.6 Å². The van der Waals surface area contributed by atoms with Crippen LogP contribution in [0.3, 0.4) is 0 Å². The Labute approximate surface area is 184 Å². The van der Waals surface area contributed by atoms with E-state index in [4.69, 9.17) is 10.7 Å². The zero-order valence-electron chi connectivity index (χ0n) is 18.0. The van der Waals surface area contributed by atoms with Gasteiger partial charge in [0.15, 0.2) is 5.82 Å². The number of fused-ring (bicyclic) bond motifs is 2. The second kappa shape index (κ2) is 7.49. The summed E-state index contributed by atoms with van der Waals surface area (Å²) in [6.45, 7) is 5.87. The van der Waals surface area contributed by atoms with Gasteiger partial charge in [-0.25, -0.2) is 15.0 Å². The Kier molecular flexibility index (Phi) is 4.62. The molecule has 0 aliphatic carbocycles. The van der Waals surface area contributed by atoms with Crippen LogP contribution in [-0.4, -0.2) is 24.5 Å². The lowest BCUT2D eigenvalue weighted by molar-refractivity contribution is 0.731. The van der Waals surface area contributed by atoms with E-state index in [0.717, 1.165) is 22.3 Å². The standard InChI is InChI=1S/C24H23N7O/c1-13-6-4-8-16(10-13)31-23(29-17-9-5-7-14(2)20(17)24(31)32)15(3)28-22-21-18(26-12-27-21)11-19(25)30-22/h4-12,15H,1-3H3,(H,26,27)(H3,25,28,30). The molecule has 160 valence electrons. The third-order valence-corrected chi connectivity index (χ3v) is 5.56. The van der Waals surface area contributed by atoms with Crippen LogP contribution in [0, 0.1) is 13.8 Å². The molecular formula is C24H23N7O. The first-order chi connectivity index (χ1) is 15.4. The lowest BCUT2D eigenvalue weighted by Crippen LogP contribution is -2.28. The van der Waals surface area contributed by atoms with E-state index in [1.54, 1.807) is 17.0 Å². The Balaban J connectivity index is 1.72. The third-order valence-electron chi connectivity index (χ3n) is 5.56. The molecule has 0 spiro atoms. The molecule has 5 aromatic rings. The number of pyridine rings is 1. The van der Waals surface area contributed by atoms with Gasteiger partial charge in [-0.05, 0) is 50.1 Å². The van der Waals surface area contributed by atoms with Crippen LogP contribution < -0.4 is 16.6 Å². The number of aromatic amines is 1. The molecule has 0 amide bonds. The molecular weight excluding hydrogens is 402 g/mol. The molecule has 0 saturated heterocycles. The highest BCUT2D eigenvalue weighted by Crippen LogP contribution is 2.26. The molecule has 0 radical (unpaired) electrons. The van der Waals surface area contributed by atoms with Gasteiger partial charge in [0.1, 0.15) is 17.2 Å². The van der Waals surface area contributed by atoms with E-state index in [1.165, 1.54) is 0 Å². The minimum Gasteiger partial charge on any atom is -0.384 e. The SMILES string of the molecule is Cc1cccc(-n2c(C(C)Nc3nc(N)cc4[nH]cnc34)nc3cccc(C)c3c2=O)c1. The highest BCUT2D eigenvalue weighted by molar-refractivity contribution is 5.87. The Morgan fingerprint density at radius 1 is 1.09 bits per heavy atom. The summed E-state index contributed by atoms with van der Waals surface area (Å²) in [5, 5.41) is 3.98. The number of imidazole rings is 1. The van der Waals surface area contributed by atoms with Crippen LogP contribution in [0.5, 0.6) is 0 Å². The Bertz CT molecular complexity index is 1530. The predicted octanol–water partition coefficient (Wildman–Crippen LogP) is 4.03. The van der Waals surface area contributed by atoms with Gasteiger partial charge in [-0.3, -0.25) is 9.36 Å². The molecule has 8 nitrogen and oxygen atoms in total. The van der Waals surface area contributed by atoms with Crippen molar-refractivity contribution < 1.29 is 0 Å². The van der Waals surface area contributed by atoms with Gasteiger partial charge in [0.05, 0.1) is 34.5 Å². The summed E-state index contributed by atoms with van der Waals surface area (Å²) in [4.78, 5) is 30.4. The number of nitrogen functional groups attached to an aromatic ring is 1. The largest absolute Gasteiger partial charge is 0.384 e. The maximum atomic E-state index is 13.7. The maximum absolute atomic E-state index is 13.7. The van der Waals surface area contributed by atoms with Crippen molar-refractivity contribution in [2.24, 2.45) is 0 Å². The first-order valence-electron chi connectivity index (χ1n) is 10.4. The first kappa shape index (κ1) is 19.7. The molecule has 0 aliphatic rings. The lowest BCUT2D eigenvalue weighted by atomic mass is 10.1. The molecule has 0 aliphatic heterocycles. The number of nitrogens with zero attached hydrogens (tertiary/aromatic N) is 4. The van der Waals surface area contributed by atoms with Crippen LogP contribution in [0.25, 0.3) is 27.6 Å². The lowest BCUT2D eigenvalue weighted by Gasteiger charge is -2.21. The molecule has 5 rings (SSSR count). The summed E-state index contributed by atoms with van der Waals surface area (Å²) in [5.41, 5.74) is 10.7. The summed E-state index contributed by atoms with van der Waals surface area (Å²) in [5.74, 6) is 1.48. The van der Waals surface area contributed by atoms with Gasteiger partial charge in [-0.2, -0.15) is 0 Å². The molecule has 8 heteroatoms. The zero-order chi connectivity index (χ0) is 22.4. The molecule has 3 heterocycles. The van der Waals surface area contributed by atoms with Crippen LogP contribution in [0.15, 0.2) is 59.7 Å². The number of aromatic nitrogens is 5. The summed E-state index contributed by atoms with van der Waals surface area (Å²) in [6.07, 6.45) is 1.60. The summed E-state index contributed by atoms with van der Waals surface area (Å²) < 4.78 is 1.67. The van der Waals surface area contributed by atoms with E-state index in [2.05, 4.69) is 20.3 Å². The second-order valence-electron chi connectivity index (χ2n) is 7.98. The number of H-pyrrole nitrogens is 1. The van der Waals surface area contributed by atoms with Crippen LogP contribution in [-0.2, 0) is 0 Å². The number of rotatable bonds is 4. The van der Waals surface area contributed by atoms with E-state index < -0.39 is 0 Å². The topological polar surface area (TPSA) is 115 Å². The minimum absolute atomic E-state index is 0.104. The van der Waals surface area contributed by atoms with Crippen molar-refractivity contribution in [3.8, 4) is 5.69 Å². The van der Waals surface area contributed by atoms with Crippen molar-refractivity contribution in [1.29, 1.82) is 0 Å². The molecule has 0 fully saturated rings. The number of aryl methyl sites for hydroxylation is 2. The summed E-state index contributed by atoms with van der Waals surface area (Å²) >= 11 is 0. The fraction of sp³-hybridized carbons (Fsp3) is 0.167. The van der Waals surface area contributed by atoms with Crippen molar-refractivity contribution in [3.63, 3.8) is 0 Å². The maximum Gasteiger partial charge on any atom is 0.266 e. The van der Waals surface area contributed by atoms with Gasteiger partial charge in [0.2, 0.25) is 0 Å². The Morgan fingerprint density at radius 2 is 1.91 bits per heavy atom. The molecule has 4 N–H and O–H groups in total. The number of nitrogens with two attached hydrogens (primary N) is 1. The number of benzene rings is 2. The average molecular weight is 425 g/mol. The molecule has 0 saturated carbocycles. The van der Waals surface area contributed by atoms with Crippen molar-refractivity contribution in [2.45, 2.75) is 26.8 Å². The van der Waals surface area contributed by atoms with Gasteiger partial charge in [0, 0.05) is 6.07 Å². The van der Waals surface area contributed by atoms with Crippen LogP contribution in [0.1, 0.15) is 29.9 Å². The van der Waals surface area contributed by atoms with Crippen molar-refractivity contribution in [1.82, 2.24) is 24.5 Å². The van der Waals surface area contributed by atoms with Gasteiger partial charge in [-0.15, -0.1) is 0 Å². The molecule has 1 atom stereocenters. The number of hydrogen-bond acceptors (Lipinski definition) is 6. The van der Waals surface area contributed by atoms with Gasteiger partial charge in [0.25, 0.3) is 5.56 Å². The van der Waals surface area contributed by atoms with Crippen molar-refractivity contribution >= 4 is 33.6 Å².